The predicted octanol–water partition coefficient (Wildman–Crippen LogP) is 2.55. The van der Waals surface area contributed by atoms with Crippen LogP contribution in [0.25, 0.3) is 0 Å². The van der Waals surface area contributed by atoms with Crippen molar-refractivity contribution in [2.45, 2.75) is 44.7 Å². The number of nitrogens with one attached hydrogen (secondary N) is 1. The van der Waals surface area contributed by atoms with Crippen LogP contribution in [0.15, 0.2) is 24.3 Å². The lowest BCUT2D eigenvalue weighted by Gasteiger charge is -2.39. The summed E-state index contributed by atoms with van der Waals surface area (Å²) in [7, 11) is 1.73. The molecular formula is C16H25NO2. The molecule has 0 spiro atoms. The first-order valence-corrected chi connectivity index (χ1v) is 7.15. The Morgan fingerprint density at radius 2 is 2.00 bits per heavy atom. The number of hydrogen-bond donors (Lipinski definition) is 2. The van der Waals surface area contributed by atoms with Gasteiger partial charge in [0.1, 0.15) is 5.75 Å². The average Bonchev–Trinajstić information content (AvgIpc) is 2.37. The summed E-state index contributed by atoms with van der Waals surface area (Å²) in [5.41, 5.74) is 1.31. The highest BCUT2D eigenvalue weighted by Crippen LogP contribution is 2.41. The summed E-state index contributed by atoms with van der Waals surface area (Å²) >= 11 is 0. The number of ether oxygens (including phenoxy) is 1. The third-order valence-corrected chi connectivity index (χ3v) is 4.17. The molecule has 1 atom stereocenters. The van der Waals surface area contributed by atoms with Gasteiger partial charge in [-0.3, -0.25) is 0 Å². The van der Waals surface area contributed by atoms with E-state index in [-0.39, 0.29) is 12.6 Å². The minimum atomic E-state index is 0.212. The normalized spacial score (nSPS) is 24.1. The van der Waals surface area contributed by atoms with Gasteiger partial charge in [-0.2, -0.15) is 0 Å². The van der Waals surface area contributed by atoms with Gasteiger partial charge in [0.2, 0.25) is 0 Å². The van der Waals surface area contributed by atoms with Crippen molar-refractivity contribution in [1.29, 1.82) is 0 Å². The van der Waals surface area contributed by atoms with Gasteiger partial charge < -0.3 is 15.2 Å². The van der Waals surface area contributed by atoms with Crippen LogP contribution < -0.4 is 10.1 Å². The maximum absolute atomic E-state index is 9.35. The molecule has 0 aliphatic heterocycles. The molecular weight excluding hydrogens is 238 g/mol. The van der Waals surface area contributed by atoms with Gasteiger partial charge in [0.15, 0.2) is 0 Å². The van der Waals surface area contributed by atoms with Crippen LogP contribution in [-0.4, -0.2) is 30.9 Å². The number of methoxy groups -OCH3 is 1. The molecule has 1 aliphatic carbocycles. The molecule has 2 rings (SSSR count). The van der Waals surface area contributed by atoms with Crippen molar-refractivity contribution < 1.29 is 9.84 Å². The minimum Gasteiger partial charge on any atom is -0.496 e. The van der Waals surface area contributed by atoms with Gasteiger partial charge in [-0.05, 0) is 36.3 Å². The van der Waals surface area contributed by atoms with Crippen LogP contribution in [0.2, 0.25) is 0 Å². The van der Waals surface area contributed by atoms with E-state index >= 15 is 0 Å². The Labute approximate surface area is 116 Å². The Kier molecular flexibility index (Phi) is 4.83. The Balaban J connectivity index is 1.89. The SMILES string of the molecule is COc1ccccc1C1CC(N[C@H](CO)C(C)C)C1. The van der Waals surface area contributed by atoms with Crippen LogP contribution in [0.3, 0.4) is 0 Å². The average molecular weight is 263 g/mol. The molecule has 1 fully saturated rings. The topological polar surface area (TPSA) is 41.5 Å². The van der Waals surface area contributed by atoms with Gasteiger partial charge >= 0.3 is 0 Å². The first-order valence-electron chi connectivity index (χ1n) is 7.15. The summed E-state index contributed by atoms with van der Waals surface area (Å²) in [5.74, 6) is 2.05. The molecule has 3 nitrogen and oxygen atoms in total. The van der Waals surface area contributed by atoms with Crippen LogP contribution in [0, 0.1) is 5.92 Å². The van der Waals surface area contributed by atoms with Gasteiger partial charge in [0.05, 0.1) is 13.7 Å². The molecule has 106 valence electrons. The lowest BCUT2D eigenvalue weighted by Crippen LogP contribution is -2.49. The molecule has 0 aromatic heterocycles. The number of benzene rings is 1. The molecule has 0 bridgehead atoms. The second-order valence-electron chi connectivity index (χ2n) is 5.81. The molecule has 1 aromatic rings. The summed E-state index contributed by atoms with van der Waals surface area (Å²) in [6, 6.07) is 9.01. The van der Waals surface area contributed by atoms with E-state index in [1.165, 1.54) is 5.56 Å². The van der Waals surface area contributed by atoms with Crippen molar-refractivity contribution >= 4 is 0 Å². The molecule has 19 heavy (non-hydrogen) atoms. The fourth-order valence-corrected chi connectivity index (χ4v) is 2.77. The maximum Gasteiger partial charge on any atom is 0.122 e. The van der Waals surface area contributed by atoms with Crippen molar-refractivity contribution in [3.05, 3.63) is 29.8 Å². The number of aliphatic hydroxyl groups is 1. The quantitative estimate of drug-likeness (QED) is 0.829. The highest BCUT2D eigenvalue weighted by atomic mass is 16.5. The van der Waals surface area contributed by atoms with E-state index in [9.17, 15) is 5.11 Å². The summed E-state index contributed by atoms with van der Waals surface area (Å²) in [4.78, 5) is 0. The molecule has 0 saturated heterocycles. The van der Waals surface area contributed by atoms with Crippen LogP contribution in [0.5, 0.6) is 5.75 Å². The third-order valence-electron chi connectivity index (χ3n) is 4.17. The van der Waals surface area contributed by atoms with Gasteiger partial charge in [0, 0.05) is 12.1 Å². The zero-order valence-corrected chi connectivity index (χ0v) is 12.1. The zero-order chi connectivity index (χ0) is 13.8. The number of hydrogen-bond acceptors (Lipinski definition) is 3. The van der Waals surface area contributed by atoms with Crippen molar-refractivity contribution in [2.24, 2.45) is 5.92 Å². The van der Waals surface area contributed by atoms with Gasteiger partial charge in [-0.15, -0.1) is 0 Å². The first kappa shape index (κ1) is 14.4. The first-order chi connectivity index (χ1) is 9.15. The van der Waals surface area contributed by atoms with Crippen LogP contribution in [-0.2, 0) is 0 Å². The number of aliphatic hydroxyl groups excluding tert-OH is 1. The zero-order valence-electron chi connectivity index (χ0n) is 12.1. The molecule has 2 N–H and O–H groups in total. The maximum atomic E-state index is 9.35. The van der Waals surface area contributed by atoms with Crippen molar-refractivity contribution in [3.8, 4) is 5.75 Å². The smallest absolute Gasteiger partial charge is 0.122 e. The van der Waals surface area contributed by atoms with E-state index in [0.29, 0.717) is 17.9 Å². The van der Waals surface area contributed by atoms with E-state index in [1.54, 1.807) is 7.11 Å². The van der Waals surface area contributed by atoms with Crippen molar-refractivity contribution in [1.82, 2.24) is 5.32 Å². The van der Waals surface area contributed by atoms with E-state index in [1.807, 2.05) is 12.1 Å². The fourth-order valence-electron chi connectivity index (χ4n) is 2.77. The second kappa shape index (κ2) is 6.40. The predicted molar refractivity (Wildman–Crippen MR) is 77.6 cm³/mol. The largest absolute Gasteiger partial charge is 0.496 e. The van der Waals surface area contributed by atoms with Crippen LogP contribution >= 0.6 is 0 Å². The Hall–Kier alpha value is -1.06. The van der Waals surface area contributed by atoms with E-state index < -0.39 is 0 Å². The third kappa shape index (κ3) is 3.28. The molecule has 1 aliphatic rings. The summed E-state index contributed by atoms with van der Waals surface area (Å²) in [6.07, 6.45) is 2.26. The summed E-state index contributed by atoms with van der Waals surface area (Å²) < 4.78 is 5.42. The standard InChI is InChI=1S/C16H25NO2/c1-11(2)15(10-18)17-13-8-12(9-13)14-6-4-5-7-16(14)19-3/h4-7,11-13,15,17-18H,8-10H2,1-3H3/t12?,13?,15-/m1/s1. The Morgan fingerprint density at radius 3 is 2.58 bits per heavy atom. The van der Waals surface area contributed by atoms with Crippen LogP contribution in [0.1, 0.15) is 38.2 Å². The summed E-state index contributed by atoms with van der Waals surface area (Å²) in [6.45, 7) is 4.50. The molecule has 1 aromatic carbocycles. The summed E-state index contributed by atoms with van der Waals surface area (Å²) in [5, 5.41) is 12.9. The van der Waals surface area contributed by atoms with Crippen molar-refractivity contribution in [2.75, 3.05) is 13.7 Å². The molecule has 0 heterocycles. The Morgan fingerprint density at radius 1 is 1.32 bits per heavy atom. The van der Waals surface area contributed by atoms with E-state index in [4.69, 9.17) is 4.74 Å². The Bertz CT molecular complexity index is 399. The monoisotopic (exact) mass is 263 g/mol. The van der Waals surface area contributed by atoms with E-state index in [0.717, 1.165) is 18.6 Å². The highest BCUT2D eigenvalue weighted by Gasteiger charge is 2.33. The second-order valence-corrected chi connectivity index (χ2v) is 5.81. The molecule has 3 heteroatoms. The molecule has 0 amide bonds. The molecule has 0 unspecified atom stereocenters. The van der Waals surface area contributed by atoms with Crippen molar-refractivity contribution in [3.63, 3.8) is 0 Å². The molecule has 1 saturated carbocycles. The lowest BCUT2D eigenvalue weighted by atomic mass is 9.75. The lowest BCUT2D eigenvalue weighted by molar-refractivity contribution is 0.168. The van der Waals surface area contributed by atoms with Crippen LogP contribution in [0.4, 0.5) is 0 Å². The van der Waals surface area contributed by atoms with E-state index in [2.05, 4.69) is 31.3 Å². The van der Waals surface area contributed by atoms with Gasteiger partial charge in [0.25, 0.3) is 0 Å². The number of para-hydroxylation sites is 1. The fraction of sp³-hybridized carbons (Fsp3) is 0.625. The number of rotatable bonds is 6. The van der Waals surface area contributed by atoms with Gasteiger partial charge in [-0.25, -0.2) is 0 Å². The van der Waals surface area contributed by atoms with Gasteiger partial charge in [-0.1, -0.05) is 32.0 Å². The highest BCUT2D eigenvalue weighted by molar-refractivity contribution is 5.37. The molecule has 0 radical (unpaired) electrons. The minimum absolute atomic E-state index is 0.212.